The second kappa shape index (κ2) is 7.60. The van der Waals surface area contributed by atoms with Gasteiger partial charge in [-0.05, 0) is 43.1 Å². The average molecular weight is 355 g/mol. The third-order valence-corrected chi connectivity index (χ3v) is 6.21. The minimum atomic E-state index is -0.221. The van der Waals surface area contributed by atoms with Gasteiger partial charge in [0.05, 0.1) is 17.5 Å². The largest absolute Gasteiger partial charge is 0.353 e. The minimum absolute atomic E-state index is 0.0205. The molecule has 0 bridgehead atoms. The van der Waals surface area contributed by atoms with Gasteiger partial charge in [0.1, 0.15) is 0 Å². The van der Waals surface area contributed by atoms with Crippen molar-refractivity contribution in [1.29, 1.82) is 0 Å². The lowest BCUT2D eigenvalue weighted by Gasteiger charge is -2.39. The van der Waals surface area contributed by atoms with Gasteiger partial charge < -0.3 is 5.32 Å². The van der Waals surface area contributed by atoms with Gasteiger partial charge in [-0.15, -0.1) is 0 Å². The van der Waals surface area contributed by atoms with Crippen molar-refractivity contribution in [2.24, 2.45) is 11.3 Å². The highest BCUT2D eigenvalue weighted by molar-refractivity contribution is 5.88. The lowest BCUT2D eigenvalue weighted by atomic mass is 9.69. The smallest absolute Gasteiger partial charge is 0.272 e. The van der Waals surface area contributed by atoms with Gasteiger partial charge in [-0.2, -0.15) is 5.10 Å². The van der Waals surface area contributed by atoms with E-state index in [9.17, 15) is 9.59 Å². The van der Waals surface area contributed by atoms with E-state index in [0.717, 1.165) is 24.1 Å². The summed E-state index contributed by atoms with van der Waals surface area (Å²) in [5.41, 5.74) is 0.786. The molecule has 5 nitrogen and oxygen atoms in total. The number of hydrogen-bond acceptors (Lipinski definition) is 3. The number of amides is 1. The monoisotopic (exact) mass is 355 g/mol. The molecule has 1 aliphatic carbocycles. The van der Waals surface area contributed by atoms with Crippen molar-refractivity contribution in [3.63, 3.8) is 0 Å². The number of aromatic nitrogens is 2. The molecule has 2 aromatic rings. The van der Waals surface area contributed by atoms with Crippen LogP contribution in [0.5, 0.6) is 0 Å². The Bertz CT molecular complexity index is 833. The number of benzene rings is 1. The van der Waals surface area contributed by atoms with Crippen molar-refractivity contribution < 1.29 is 4.79 Å². The first kappa shape index (κ1) is 18.6. The van der Waals surface area contributed by atoms with Crippen molar-refractivity contribution in [2.75, 3.05) is 0 Å². The second-order valence-electron chi connectivity index (χ2n) is 8.18. The third-order valence-electron chi connectivity index (χ3n) is 6.21. The molecule has 1 heterocycles. The summed E-state index contributed by atoms with van der Waals surface area (Å²) < 4.78 is 0. The fraction of sp³-hybridized carbons (Fsp3) is 0.571. The summed E-state index contributed by atoms with van der Waals surface area (Å²) in [6.45, 7) is 6.96. The van der Waals surface area contributed by atoms with Crippen molar-refractivity contribution >= 4 is 16.7 Å². The Hall–Kier alpha value is -2.17. The molecule has 3 rings (SSSR count). The molecule has 1 fully saturated rings. The van der Waals surface area contributed by atoms with Gasteiger partial charge in [0, 0.05) is 11.4 Å². The van der Waals surface area contributed by atoms with Crippen LogP contribution in [-0.4, -0.2) is 22.1 Å². The topological polar surface area (TPSA) is 74.8 Å². The zero-order chi connectivity index (χ0) is 18.7. The van der Waals surface area contributed by atoms with E-state index in [4.69, 9.17) is 0 Å². The molecular weight excluding hydrogens is 326 g/mol. The Morgan fingerprint density at radius 3 is 2.50 bits per heavy atom. The predicted molar refractivity (Wildman–Crippen MR) is 104 cm³/mol. The number of fused-ring (bicyclic) bond motifs is 1. The van der Waals surface area contributed by atoms with E-state index in [0.29, 0.717) is 16.5 Å². The van der Waals surface area contributed by atoms with Gasteiger partial charge >= 0.3 is 0 Å². The van der Waals surface area contributed by atoms with Crippen molar-refractivity contribution in [1.82, 2.24) is 15.5 Å². The molecule has 0 aliphatic heterocycles. The van der Waals surface area contributed by atoms with Crippen LogP contribution in [0.2, 0.25) is 0 Å². The fourth-order valence-electron chi connectivity index (χ4n) is 4.04. The maximum atomic E-state index is 12.5. The lowest BCUT2D eigenvalue weighted by Crippen LogP contribution is -2.40. The third kappa shape index (κ3) is 3.97. The number of rotatable bonds is 5. The van der Waals surface area contributed by atoms with E-state index in [2.05, 4.69) is 36.3 Å². The van der Waals surface area contributed by atoms with E-state index < -0.39 is 0 Å². The molecule has 5 heteroatoms. The van der Waals surface area contributed by atoms with E-state index in [-0.39, 0.29) is 23.9 Å². The summed E-state index contributed by atoms with van der Waals surface area (Å²) >= 11 is 0. The highest BCUT2D eigenvalue weighted by Gasteiger charge is 2.32. The van der Waals surface area contributed by atoms with Crippen molar-refractivity contribution in [2.45, 2.75) is 65.3 Å². The number of carbonyl (C=O) groups is 1. The summed E-state index contributed by atoms with van der Waals surface area (Å²) in [6.07, 6.45) is 5.81. The van der Waals surface area contributed by atoms with Crippen LogP contribution in [0.3, 0.4) is 0 Å². The van der Waals surface area contributed by atoms with Gasteiger partial charge in [-0.25, -0.2) is 5.10 Å². The van der Waals surface area contributed by atoms with Crippen LogP contribution in [0.1, 0.15) is 58.6 Å². The fourth-order valence-corrected chi connectivity index (χ4v) is 4.04. The maximum absolute atomic E-state index is 12.5. The van der Waals surface area contributed by atoms with Crippen LogP contribution in [-0.2, 0) is 11.2 Å². The number of nitrogens with zero attached hydrogens (tertiary/aromatic N) is 1. The van der Waals surface area contributed by atoms with E-state index in [1.165, 1.54) is 19.3 Å². The summed E-state index contributed by atoms with van der Waals surface area (Å²) in [6, 6.07) is 7.53. The molecule has 1 aromatic heterocycles. The predicted octanol–water partition coefficient (Wildman–Crippen LogP) is 3.58. The Morgan fingerprint density at radius 2 is 1.85 bits per heavy atom. The van der Waals surface area contributed by atoms with Crippen LogP contribution in [0.15, 0.2) is 29.1 Å². The van der Waals surface area contributed by atoms with Gasteiger partial charge in [0.25, 0.3) is 5.56 Å². The molecule has 0 spiro atoms. The maximum Gasteiger partial charge on any atom is 0.272 e. The zero-order valence-electron chi connectivity index (χ0n) is 16.0. The van der Waals surface area contributed by atoms with E-state index >= 15 is 0 Å². The van der Waals surface area contributed by atoms with Gasteiger partial charge in [-0.1, -0.05) is 45.4 Å². The summed E-state index contributed by atoms with van der Waals surface area (Å²) in [7, 11) is 0. The number of hydrogen-bond donors (Lipinski definition) is 2. The normalized spacial score (nSPS) is 20.9. The van der Waals surface area contributed by atoms with Gasteiger partial charge in [0.2, 0.25) is 5.91 Å². The Morgan fingerprint density at radius 1 is 1.19 bits per heavy atom. The van der Waals surface area contributed by atoms with Crippen molar-refractivity contribution in [3.8, 4) is 0 Å². The van der Waals surface area contributed by atoms with Crippen molar-refractivity contribution in [3.05, 3.63) is 40.3 Å². The van der Waals surface area contributed by atoms with Gasteiger partial charge in [0.15, 0.2) is 0 Å². The molecule has 1 aromatic carbocycles. The quantitative estimate of drug-likeness (QED) is 0.861. The van der Waals surface area contributed by atoms with Crippen LogP contribution in [0, 0.1) is 11.3 Å². The van der Waals surface area contributed by atoms with Crippen LogP contribution >= 0.6 is 0 Å². The molecule has 26 heavy (non-hydrogen) atoms. The number of aromatic amines is 1. The Labute approximate surface area is 154 Å². The van der Waals surface area contributed by atoms with E-state index in [1.54, 1.807) is 6.07 Å². The van der Waals surface area contributed by atoms with Gasteiger partial charge in [-0.3, -0.25) is 9.59 Å². The molecule has 1 saturated carbocycles. The number of nitrogens with one attached hydrogen (secondary N) is 2. The van der Waals surface area contributed by atoms with Crippen LogP contribution in [0.25, 0.3) is 10.8 Å². The second-order valence-corrected chi connectivity index (χ2v) is 8.18. The number of carbonyl (C=O) groups excluding carboxylic acids is 1. The molecule has 0 atom stereocenters. The summed E-state index contributed by atoms with van der Waals surface area (Å²) in [5, 5.41) is 11.1. The van der Waals surface area contributed by atoms with Crippen LogP contribution < -0.4 is 10.9 Å². The zero-order valence-corrected chi connectivity index (χ0v) is 16.0. The molecule has 0 radical (unpaired) electrons. The summed E-state index contributed by atoms with van der Waals surface area (Å²) in [5.74, 6) is 0.721. The highest BCUT2D eigenvalue weighted by Crippen LogP contribution is 2.40. The Balaban J connectivity index is 1.61. The van der Waals surface area contributed by atoms with E-state index in [1.807, 2.05) is 18.2 Å². The Kier molecular flexibility index (Phi) is 5.44. The molecule has 1 amide bonds. The number of H-pyrrole nitrogens is 1. The SMILES string of the molecule is CCC(C)(C)C1CCC(NC(=O)Cc2n[nH]c(=O)c3ccccc23)CC1. The minimum Gasteiger partial charge on any atom is -0.353 e. The first-order valence-electron chi connectivity index (χ1n) is 9.66. The van der Waals surface area contributed by atoms with Crippen LogP contribution in [0.4, 0.5) is 0 Å². The average Bonchev–Trinajstić information content (AvgIpc) is 2.65. The summed E-state index contributed by atoms with van der Waals surface area (Å²) in [4.78, 5) is 24.4. The molecular formula is C21H29N3O2. The standard InChI is InChI=1S/C21H29N3O2/c1-4-21(2,3)14-9-11-15(12-10-14)22-19(25)13-18-16-7-5-6-8-17(16)20(26)24-23-18/h5-8,14-15H,4,9-13H2,1-3H3,(H,22,25)(H,24,26). The first-order chi connectivity index (χ1) is 12.4. The highest BCUT2D eigenvalue weighted by atomic mass is 16.1. The first-order valence-corrected chi connectivity index (χ1v) is 9.66. The molecule has 0 unspecified atom stereocenters. The molecule has 1 aliphatic rings. The molecule has 140 valence electrons. The molecule has 2 N–H and O–H groups in total. The lowest BCUT2D eigenvalue weighted by molar-refractivity contribution is -0.121. The molecule has 0 saturated heterocycles.